The highest BCUT2D eigenvalue weighted by atomic mass is 35.5. The minimum absolute atomic E-state index is 0. The summed E-state index contributed by atoms with van der Waals surface area (Å²) in [7, 11) is 0. The lowest BCUT2D eigenvalue weighted by Gasteiger charge is -2.19. The summed E-state index contributed by atoms with van der Waals surface area (Å²) in [6.45, 7) is 0.709. The van der Waals surface area contributed by atoms with Crippen LogP contribution in [0.2, 0.25) is 25.1 Å². The average molecular weight is 671 g/mol. The third-order valence-corrected chi connectivity index (χ3v) is 7.92. The van der Waals surface area contributed by atoms with Crippen molar-refractivity contribution in [2.24, 2.45) is 0 Å². The molecule has 0 aliphatic heterocycles. The van der Waals surface area contributed by atoms with Gasteiger partial charge in [-0.1, -0.05) is 94.4 Å². The zero-order valence-electron chi connectivity index (χ0n) is 21.3. The molecule has 5 aromatic rings. The Morgan fingerprint density at radius 2 is 1.32 bits per heavy atom. The molecule has 1 aromatic heterocycles. The van der Waals surface area contributed by atoms with E-state index in [0.29, 0.717) is 31.7 Å². The van der Waals surface area contributed by atoms with E-state index in [4.69, 9.17) is 62.7 Å². The van der Waals surface area contributed by atoms with Crippen molar-refractivity contribution in [1.82, 2.24) is 4.57 Å². The lowest BCUT2D eigenvalue weighted by Crippen LogP contribution is -3.00. The first-order valence-corrected chi connectivity index (χ1v) is 14.2. The number of halogens is 7. The van der Waals surface area contributed by atoms with Crippen LogP contribution in [0.4, 0.5) is 4.39 Å². The summed E-state index contributed by atoms with van der Waals surface area (Å²) in [6.07, 6.45) is 5.50. The maximum atomic E-state index is 13.7. The van der Waals surface area contributed by atoms with E-state index in [9.17, 15) is 4.39 Å². The molecular formula is C31H23Cl6FN2O. The van der Waals surface area contributed by atoms with E-state index in [1.54, 1.807) is 36.4 Å². The topological polar surface area (TPSA) is 18.0 Å². The molecule has 4 aromatic carbocycles. The van der Waals surface area contributed by atoms with Crippen LogP contribution in [-0.4, -0.2) is 4.57 Å². The van der Waals surface area contributed by atoms with E-state index in [-0.39, 0.29) is 30.9 Å². The Labute approximate surface area is 269 Å². The zero-order chi connectivity index (χ0) is 28.2. The number of nitrogens with zero attached hydrogens (tertiary/aromatic N) is 2. The van der Waals surface area contributed by atoms with Gasteiger partial charge in [0.25, 0.3) is 0 Å². The molecule has 0 aliphatic rings. The Kier molecular flexibility index (Phi) is 11.0. The van der Waals surface area contributed by atoms with Gasteiger partial charge in [0.15, 0.2) is 6.04 Å². The standard InChI is InChI=1S/C31H23Cl5FN2O.ClH/c32-23-6-1-20(2-7-23)31(21-4-10-26(37)11-5-21)39-14-13-38(19-39)17-30(27-12-9-25(34)16-29(27)36)40-18-22-3-8-24(33)15-28(22)35;/h1-16,19,30-31H,17-18H2;1H/q+1;/p-1. The number of ether oxygens (including phenoxy) is 1. The molecule has 0 spiro atoms. The monoisotopic (exact) mass is 668 g/mol. The number of hydrogen-bond acceptors (Lipinski definition) is 1. The van der Waals surface area contributed by atoms with Crippen molar-refractivity contribution in [1.29, 1.82) is 0 Å². The Bertz CT molecular complexity index is 1560. The van der Waals surface area contributed by atoms with Crippen LogP contribution in [0.5, 0.6) is 0 Å². The predicted octanol–water partition coefficient (Wildman–Crippen LogP) is 6.78. The lowest BCUT2D eigenvalue weighted by atomic mass is 9.98. The van der Waals surface area contributed by atoms with Crippen LogP contribution in [0.25, 0.3) is 0 Å². The third kappa shape index (κ3) is 7.97. The minimum Gasteiger partial charge on any atom is -1.00 e. The first kappa shape index (κ1) is 31.7. The van der Waals surface area contributed by atoms with Crippen LogP contribution in [0.3, 0.4) is 0 Å². The normalized spacial score (nSPS) is 12.5. The molecule has 1 heterocycles. The molecule has 41 heavy (non-hydrogen) atoms. The number of hydrogen-bond donors (Lipinski definition) is 0. The molecule has 0 radical (unpaired) electrons. The molecule has 10 heteroatoms. The predicted molar refractivity (Wildman–Crippen MR) is 160 cm³/mol. The molecular weight excluding hydrogens is 648 g/mol. The molecule has 0 bridgehead atoms. The molecule has 0 N–H and O–H groups in total. The second kappa shape index (κ2) is 14.3. The van der Waals surface area contributed by atoms with Crippen molar-refractivity contribution in [3.05, 3.63) is 157 Å². The number of aromatic nitrogens is 2. The SMILES string of the molecule is Fc1ccc(C(c2ccc(Cl)cc2)[n+]2ccn(CC(OCc3ccc(Cl)cc3Cl)c3ccc(Cl)cc3Cl)c2)cc1.[Cl-]. The third-order valence-electron chi connectivity index (χ3n) is 6.52. The van der Waals surface area contributed by atoms with E-state index in [0.717, 1.165) is 22.3 Å². The van der Waals surface area contributed by atoms with Gasteiger partial charge >= 0.3 is 0 Å². The lowest BCUT2D eigenvalue weighted by molar-refractivity contribution is -0.704. The van der Waals surface area contributed by atoms with Gasteiger partial charge in [0.05, 0.1) is 6.61 Å². The van der Waals surface area contributed by atoms with Crippen molar-refractivity contribution >= 4 is 58.0 Å². The Balaban J connectivity index is 0.00000387. The van der Waals surface area contributed by atoms with Gasteiger partial charge in [-0.15, -0.1) is 0 Å². The Hall–Kier alpha value is -2.28. The van der Waals surface area contributed by atoms with Crippen LogP contribution in [-0.2, 0) is 17.9 Å². The summed E-state index contributed by atoms with van der Waals surface area (Å²) in [5.74, 6) is -0.290. The highest BCUT2D eigenvalue weighted by molar-refractivity contribution is 6.35. The van der Waals surface area contributed by atoms with Crippen LogP contribution in [0, 0.1) is 5.82 Å². The van der Waals surface area contributed by atoms with Crippen molar-refractivity contribution in [3.63, 3.8) is 0 Å². The first-order valence-electron chi connectivity index (χ1n) is 12.3. The van der Waals surface area contributed by atoms with E-state index in [1.165, 1.54) is 12.1 Å². The molecule has 3 nitrogen and oxygen atoms in total. The van der Waals surface area contributed by atoms with Gasteiger partial charge in [0, 0.05) is 41.8 Å². The molecule has 0 saturated carbocycles. The van der Waals surface area contributed by atoms with E-state index in [2.05, 4.69) is 4.57 Å². The number of benzene rings is 4. The van der Waals surface area contributed by atoms with Crippen LogP contribution >= 0.6 is 58.0 Å². The summed E-state index contributed by atoms with van der Waals surface area (Å²) in [5.41, 5.74) is 3.54. The molecule has 2 atom stereocenters. The van der Waals surface area contributed by atoms with E-state index < -0.39 is 6.10 Å². The second-order valence-corrected chi connectivity index (χ2v) is 11.4. The second-order valence-electron chi connectivity index (χ2n) is 9.26. The maximum absolute atomic E-state index is 13.7. The fourth-order valence-electron chi connectivity index (χ4n) is 4.52. The smallest absolute Gasteiger partial charge is 0.244 e. The largest absolute Gasteiger partial charge is 1.00 e. The van der Waals surface area contributed by atoms with Gasteiger partial charge in [-0.3, -0.25) is 0 Å². The van der Waals surface area contributed by atoms with Gasteiger partial charge in [0.2, 0.25) is 6.33 Å². The summed E-state index contributed by atoms with van der Waals surface area (Å²) in [5, 5.41) is 2.77. The fourth-order valence-corrected chi connectivity index (χ4v) is 5.64. The van der Waals surface area contributed by atoms with Crippen molar-refractivity contribution in [2.75, 3.05) is 0 Å². The summed E-state index contributed by atoms with van der Waals surface area (Å²) in [4.78, 5) is 0. The Morgan fingerprint density at radius 3 is 1.95 bits per heavy atom. The van der Waals surface area contributed by atoms with Crippen LogP contribution in [0.1, 0.15) is 34.4 Å². The van der Waals surface area contributed by atoms with Crippen molar-refractivity contribution < 1.29 is 26.1 Å². The van der Waals surface area contributed by atoms with Crippen molar-refractivity contribution in [3.8, 4) is 0 Å². The van der Waals surface area contributed by atoms with Gasteiger partial charge in [-0.2, -0.15) is 0 Å². The van der Waals surface area contributed by atoms with Gasteiger partial charge in [0.1, 0.15) is 30.9 Å². The number of rotatable bonds is 9. The molecule has 0 amide bonds. The quantitative estimate of drug-likeness (QED) is 0.158. The molecule has 5 rings (SSSR count). The van der Waals surface area contributed by atoms with Crippen molar-refractivity contribution in [2.45, 2.75) is 25.3 Å². The first-order chi connectivity index (χ1) is 19.3. The summed E-state index contributed by atoms with van der Waals surface area (Å²) in [6, 6.07) is 24.6. The van der Waals surface area contributed by atoms with Crippen LogP contribution in [0.15, 0.2) is 104 Å². The minimum atomic E-state index is -0.419. The molecule has 2 unspecified atom stereocenters. The molecule has 0 fully saturated rings. The molecule has 212 valence electrons. The van der Waals surface area contributed by atoms with Crippen LogP contribution < -0.4 is 17.0 Å². The van der Waals surface area contributed by atoms with E-state index >= 15 is 0 Å². The van der Waals surface area contributed by atoms with E-state index in [1.807, 2.05) is 59.7 Å². The molecule has 0 aliphatic carbocycles. The molecule has 0 saturated heterocycles. The summed E-state index contributed by atoms with van der Waals surface area (Å²) >= 11 is 31.4. The summed E-state index contributed by atoms with van der Waals surface area (Å²) < 4.78 is 24.2. The number of imidazole rings is 1. The Morgan fingerprint density at radius 1 is 0.732 bits per heavy atom. The highest BCUT2D eigenvalue weighted by Crippen LogP contribution is 2.32. The average Bonchev–Trinajstić information content (AvgIpc) is 3.38. The highest BCUT2D eigenvalue weighted by Gasteiger charge is 2.25. The fraction of sp³-hybridized carbons (Fsp3) is 0.129. The van der Waals surface area contributed by atoms with Gasteiger partial charge in [-0.25, -0.2) is 13.5 Å². The zero-order valence-corrected chi connectivity index (χ0v) is 25.9. The van der Waals surface area contributed by atoms with Gasteiger partial charge in [-0.05, 0) is 54.1 Å². The van der Waals surface area contributed by atoms with Gasteiger partial charge < -0.3 is 17.1 Å². The maximum Gasteiger partial charge on any atom is 0.244 e.